The van der Waals surface area contributed by atoms with Crippen molar-refractivity contribution < 1.29 is 4.92 Å². The lowest BCUT2D eigenvalue weighted by molar-refractivity contribution is -0.384. The number of benzene rings is 2. The van der Waals surface area contributed by atoms with Gasteiger partial charge in [-0.3, -0.25) is 10.1 Å². The second-order valence-corrected chi connectivity index (χ2v) is 6.60. The Morgan fingerprint density at radius 3 is 2.81 bits per heavy atom. The summed E-state index contributed by atoms with van der Waals surface area (Å²) in [5, 5.41) is 12.2. The van der Waals surface area contributed by atoms with Crippen molar-refractivity contribution in [3.8, 4) is 10.6 Å². The molecule has 2 N–H and O–H groups in total. The van der Waals surface area contributed by atoms with E-state index in [0.29, 0.717) is 25.8 Å². The zero-order valence-electron chi connectivity index (χ0n) is 10.3. The minimum Gasteiger partial charge on any atom is -0.397 e. The lowest BCUT2D eigenvalue weighted by Crippen LogP contribution is -1.95. The van der Waals surface area contributed by atoms with Gasteiger partial charge in [-0.05, 0) is 34.1 Å². The van der Waals surface area contributed by atoms with Crippen molar-refractivity contribution in [1.82, 2.24) is 4.98 Å². The van der Waals surface area contributed by atoms with E-state index in [1.54, 1.807) is 12.1 Å². The number of non-ortho nitro benzene ring substituents is 1. The van der Waals surface area contributed by atoms with E-state index in [-0.39, 0.29) is 5.69 Å². The summed E-state index contributed by atoms with van der Waals surface area (Å²) >= 11 is 10.6. The van der Waals surface area contributed by atoms with Gasteiger partial charge in [-0.1, -0.05) is 11.6 Å². The van der Waals surface area contributed by atoms with Gasteiger partial charge in [0.2, 0.25) is 0 Å². The van der Waals surface area contributed by atoms with Crippen LogP contribution in [0.15, 0.2) is 34.8 Å². The minimum atomic E-state index is -0.460. The number of hydrogen-bond donors (Lipinski definition) is 1. The second-order valence-electron chi connectivity index (χ2n) is 4.28. The van der Waals surface area contributed by atoms with Crippen LogP contribution in [0, 0.1) is 10.1 Å². The van der Waals surface area contributed by atoms with Crippen molar-refractivity contribution >= 4 is 60.5 Å². The van der Waals surface area contributed by atoms with Gasteiger partial charge in [0.05, 0.1) is 20.8 Å². The number of nitro benzene ring substituents is 1. The topological polar surface area (TPSA) is 82.0 Å². The fourth-order valence-corrected chi connectivity index (χ4v) is 3.49. The van der Waals surface area contributed by atoms with Gasteiger partial charge in [0.25, 0.3) is 5.69 Å². The zero-order chi connectivity index (χ0) is 15.1. The van der Waals surface area contributed by atoms with Crippen LogP contribution >= 0.6 is 38.9 Å². The molecular weight excluding hydrogens is 378 g/mol. The molecule has 106 valence electrons. The normalized spacial score (nSPS) is 11.0. The van der Waals surface area contributed by atoms with Crippen LogP contribution in [0.5, 0.6) is 0 Å². The van der Waals surface area contributed by atoms with Crippen LogP contribution in [0.3, 0.4) is 0 Å². The molecule has 0 fully saturated rings. The van der Waals surface area contributed by atoms with Crippen molar-refractivity contribution in [2.24, 2.45) is 0 Å². The fraction of sp³-hybridized carbons (Fsp3) is 0. The molecular formula is C13H7BrClN3O2S. The van der Waals surface area contributed by atoms with E-state index in [9.17, 15) is 10.1 Å². The Bertz CT molecular complexity index is 881. The molecule has 0 aliphatic carbocycles. The molecule has 0 unspecified atom stereocenters. The predicted molar refractivity (Wildman–Crippen MR) is 88.8 cm³/mol. The lowest BCUT2D eigenvalue weighted by Gasteiger charge is -2.04. The van der Waals surface area contributed by atoms with Gasteiger partial charge in [0.1, 0.15) is 5.01 Å². The average molecular weight is 385 g/mol. The summed E-state index contributed by atoms with van der Waals surface area (Å²) in [6, 6.07) is 8.20. The Morgan fingerprint density at radius 1 is 1.33 bits per heavy atom. The number of thiazole rings is 1. The maximum atomic E-state index is 11.0. The molecule has 5 nitrogen and oxygen atoms in total. The number of hydrogen-bond acceptors (Lipinski definition) is 5. The van der Waals surface area contributed by atoms with Gasteiger partial charge in [0.15, 0.2) is 0 Å². The largest absolute Gasteiger partial charge is 0.397 e. The van der Waals surface area contributed by atoms with Gasteiger partial charge in [-0.15, -0.1) is 11.3 Å². The number of anilines is 1. The second kappa shape index (κ2) is 5.25. The molecule has 0 spiro atoms. The van der Waals surface area contributed by atoms with Crippen LogP contribution < -0.4 is 5.73 Å². The first-order valence-corrected chi connectivity index (χ1v) is 7.74. The van der Waals surface area contributed by atoms with E-state index in [1.807, 2.05) is 6.07 Å². The van der Waals surface area contributed by atoms with Crippen LogP contribution in [0.25, 0.3) is 20.8 Å². The van der Waals surface area contributed by atoms with Crippen molar-refractivity contribution in [1.29, 1.82) is 0 Å². The number of halogens is 2. The van der Waals surface area contributed by atoms with Gasteiger partial charge < -0.3 is 5.73 Å². The molecule has 0 saturated heterocycles. The minimum absolute atomic E-state index is 0.0386. The third-order valence-corrected chi connectivity index (χ3v) is 4.87. The molecule has 0 aliphatic heterocycles. The number of rotatable bonds is 2. The maximum Gasteiger partial charge on any atom is 0.271 e. The summed E-state index contributed by atoms with van der Waals surface area (Å²) in [6.07, 6.45) is 0. The van der Waals surface area contributed by atoms with E-state index in [1.165, 1.54) is 23.5 Å². The molecule has 0 amide bonds. The maximum absolute atomic E-state index is 11.0. The van der Waals surface area contributed by atoms with E-state index in [0.717, 1.165) is 10.2 Å². The Morgan fingerprint density at radius 2 is 2.10 bits per heavy atom. The van der Waals surface area contributed by atoms with Gasteiger partial charge in [-0.2, -0.15) is 0 Å². The number of fused-ring (bicyclic) bond motifs is 1. The van der Waals surface area contributed by atoms with E-state index < -0.39 is 4.92 Å². The molecule has 21 heavy (non-hydrogen) atoms. The number of aromatic nitrogens is 1. The molecule has 0 bridgehead atoms. The first-order valence-electron chi connectivity index (χ1n) is 5.75. The monoisotopic (exact) mass is 383 g/mol. The summed E-state index contributed by atoms with van der Waals surface area (Å²) in [5.74, 6) is 0. The molecule has 0 radical (unpaired) electrons. The molecule has 0 aliphatic rings. The molecule has 1 heterocycles. The SMILES string of the molecule is Nc1c(Br)cc([N+](=O)[O-])cc1-c1nc2cc(Cl)ccc2s1. The highest BCUT2D eigenvalue weighted by Crippen LogP contribution is 2.39. The van der Waals surface area contributed by atoms with Gasteiger partial charge in [-0.25, -0.2) is 4.98 Å². The van der Waals surface area contributed by atoms with Gasteiger partial charge >= 0.3 is 0 Å². The first-order chi connectivity index (χ1) is 9.95. The van der Waals surface area contributed by atoms with Crippen molar-refractivity contribution in [3.63, 3.8) is 0 Å². The Labute approximate surface area is 136 Å². The van der Waals surface area contributed by atoms with Crippen LogP contribution in [-0.4, -0.2) is 9.91 Å². The van der Waals surface area contributed by atoms with Crippen LogP contribution in [0.2, 0.25) is 5.02 Å². The standard InChI is InChI=1S/C13H7BrClN3O2S/c14-9-5-7(18(19)20)4-8(12(9)16)13-17-10-3-6(15)1-2-11(10)21-13/h1-5H,16H2. The molecule has 3 aromatic rings. The zero-order valence-corrected chi connectivity index (χ0v) is 13.5. The summed E-state index contributed by atoms with van der Waals surface area (Å²) < 4.78 is 1.42. The summed E-state index contributed by atoms with van der Waals surface area (Å²) in [5.41, 5.74) is 7.67. The molecule has 0 saturated carbocycles. The number of nitrogen functional groups attached to an aromatic ring is 1. The summed E-state index contributed by atoms with van der Waals surface area (Å²) in [4.78, 5) is 15.0. The number of nitro groups is 1. The third-order valence-electron chi connectivity index (χ3n) is 2.91. The highest BCUT2D eigenvalue weighted by atomic mass is 79.9. The van der Waals surface area contributed by atoms with Crippen molar-refractivity contribution in [3.05, 3.63) is 49.9 Å². The molecule has 8 heteroatoms. The van der Waals surface area contributed by atoms with E-state index in [2.05, 4.69) is 20.9 Å². The molecule has 3 rings (SSSR count). The molecule has 0 atom stereocenters. The lowest BCUT2D eigenvalue weighted by atomic mass is 10.1. The quantitative estimate of drug-likeness (QED) is 0.388. The fourth-order valence-electron chi connectivity index (χ4n) is 1.90. The Balaban J connectivity index is 2.24. The van der Waals surface area contributed by atoms with E-state index >= 15 is 0 Å². The Hall–Kier alpha value is -1.70. The number of nitrogens with two attached hydrogens (primary N) is 1. The van der Waals surface area contributed by atoms with Crippen LogP contribution in [-0.2, 0) is 0 Å². The molecule has 2 aromatic carbocycles. The van der Waals surface area contributed by atoms with Crippen molar-refractivity contribution in [2.45, 2.75) is 0 Å². The smallest absolute Gasteiger partial charge is 0.271 e. The highest BCUT2D eigenvalue weighted by molar-refractivity contribution is 9.10. The number of nitrogens with zero attached hydrogens (tertiary/aromatic N) is 2. The first kappa shape index (κ1) is 14.2. The Kier molecular flexibility index (Phi) is 3.56. The summed E-state index contributed by atoms with van der Waals surface area (Å²) in [7, 11) is 0. The van der Waals surface area contributed by atoms with Crippen LogP contribution in [0.4, 0.5) is 11.4 Å². The average Bonchev–Trinajstić information content (AvgIpc) is 2.84. The molecule has 1 aromatic heterocycles. The summed E-state index contributed by atoms with van der Waals surface area (Å²) in [6.45, 7) is 0. The van der Waals surface area contributed by atoms with Crippen molar-refractivity contribution in [2.75, 3.05) is 5.73 Å². The van der Waals surface area contributed by atoms with Gasteiger partial charge in [0, 0.05) is 27.2 Å². The highest BCUT2D eigenvalue weighted by Gasteiger charge is 2.17. The van der Waals surface area contributed by atoms with Crippen LogP contribution in [0.1, 0.15) is 0 Å². The predicted octanol–water partition coefficient (Wildman–Crippen LogP) is 4.87. The third kappa shape index (κ3) is 2.59. The van der Waals surface area contributed by atoms with E-state index in [4.69, 9.17) is 17.3 Å².